The number of aromatic nitrogens is 5. The molecule has 8 nitrogen and oxygen atoms in total. The third-order valence-electron chi connectivity index (χ3n) is 4.48. The van der Waals surface area contributed by atoms with Gasteiger partial charge in [0.1, 0.15) is 0 Å². The average molecular weight is 350 g/mol. The molecule has 132 valence electrons. The minimum atomic E-state index is -0.391. The van der Waals surface area contributed by atoms with Gasteiger partial charge in [-0.15, -0.1) is 0 Å². The maximum absolute atomic E-state index is 12.8. The van der Waals surface area contributed by atoms with E-state index >= 15 is 0 Å². The van der Waals surface area contributed by atoms with Crippen molar-refractivity contribution in [1.29, 1.82) is 0 Å². The Morgan fingerprint density at radius 2 is 1.88 bits per heavy atom. The standard InChI is InChI=1S/C18H18N6O2/c1-10(2)11-4-6-12(7-5-11)23-17(25)14-8-20-16-13(15(14)22-23)9-21-24(16)18(26)19-3/h4-10,22H,1-3H3,(H,19,26). The maximum atomic E-state index is 12.8. The zero-order valence-corrected chi connectivity index (χ0v) is 14.6. The summed E-state index contributed by atoms with van der Waals surface area (Å²) in [5.74, 6) is 0.419. The first-order valence-electron chi connectivity index (χ1n) is 8.31. The van der Waals surface area contributed by atoms with Crippen molar-refractivity contribution < 1.29 is 4.79 Å². The lowest BCUT2D eigenvalue weighted by atomic mass is 10.0. The molecule has 26 heavy (non-hydrogen) atoms. The quantitative estimate of drug-likeness (QED) is 0.580. The number of carbonyl (C=O) groups is 1. The Labute approximate surface area is 148 Å². The lowest BCUT2D eigenvalue weighted by Crippen LogP contribution is -2.25. The molecular weight excluding hydrogens is 332 g/mol. The molecule has 0 atom stereocenters. The van der Waals surface area contributed by atoms with Gasteiger partial charge >= 0.3 is 6.03 Å². The van der Waals surface area contributed by atoms with E-state index in [-0.39, 0.29) is 5.56 Å². The largest absolute Gasteiger partial charge is 0.343 e. The van der Waals surface area contributed by atoms with Gasteiger partial charge < -0.3 is 5.32 Å². The molecule has 0 aliphatic carbocycles. The van der Waals surface area contributed by atoms with Crippen LogP contribution in [0.1, 0.15) is 25.3 Å². The van der Waals surface area contributed by atoms with Gasteiger partial charge in [0.15, 0.2) is 5.65 Å². The van der Waals surface area contributed by atoms with Crippen LogP contribution in [0, 0.1) is 0 Å². The summed E-state index contributed by atoms with van der Waals surface area (Å²) in [5.41, 5.74) is 2.74. The van der Waals surface area contributed by atoms with Crippen molar-refractivity contribution in [1.82, 2.24) is 29.9 Å². The number of nitrogens with one attached hydrogen (secondary N) is 2. The first-order valence-corrected chi connectivity index (χ1v) is 8.31. The molecule has 0 saturated carbocycles. The number of hydrogen-bond donors (Lipinski definition) is 2. The predicted molar refractivity (Wildman–Crippen MR) is 98.9 cm³/mol. The van der Waals surface area contributed by atoms with Gasteiger partial charge in [-0.3, -0.25) is 9.89 Å². The monoisotopic (exact) mass is 350 g/mol. The number of benzene rings is 1. The highest BCUT2D eigenvalue weighted by atomic mass is 16.2. The number of H-pyrrole nitrogens is 1. The number of aromatic amines is 1. The lowest BCUT2D eigenvalue weighted by molar-refractivity contribution is 0.242. The third-order valence-corrected chi connectivity index (χ3v) is 4.48. The first kappa shape index (κ1) is 16.1. The molecule has 1 aromatic carbocycles. The van der Waals surface area contributed by atoms with Crippen LogP contribution in [0.4, 0.5) is 4.79 Å². The molecule has 0 unspecified atom stereocenters. The summed E-state index contributed by atoms with van der Waals surface area (Å²) in [7, 11) is 1.52. The summed E-state index contributed by atoms with van der Waals surface area (Å²) in [5, 5.41) is 10.8. The molecular formula is C18H18N6O2. The minimum Gasteiger partial charge on any atom is -0.339 e. The van der Waals surface area contributed by atoms with Crippen LogP contribution in [0.25, 0.3) is 27.6 Å². The normalized spacial score (nSPS) is 11.5. The molecule has 4 rings (SSSR count). The zero-order valence-electron chi connectivity index (χ0n) is 14.6. The van der Waals surface area contributed by atoms with Gasteiger partial charge in [0.25, 0.3) is 5.56 Å². The van der Waals surface area contributed by atoms with Gasteiger partial charge in [0, 0.05) is 13.2 Å². The smallest absolute Gasteiger partial charge is 0.339 e. The van der Waals surface area contributed by atoms with Crippen molar-refractivity contribution in [3.05, 3.63) is 52.6 Å². The Bertz CT molecular complexity index is 1180. The van der Waals surface area contributed by atoms with Crippen LogP contribution in [0.5, 0.6) is 0 Å². The second-order valence-electron chi connectivity index (χ2n) is 6.39. The number of nitrogens with zero attached hydrogens (tertiary/aromatic N) is 4. The lowest BCUT2D eigenvalue weighted by Gasteiger charge is -2.06. The van der Waals surface area contributed by atoms with Gasteiger partial charge in [0.05, 0.1) is 28.2 Å². The predicted octanol–water partition coefficient (Wildman–Crippen LogP) is 2.37. The van der Waals surface area contributed by atoms with Gasteiger partial charge in [-0.2, -0.15) is 9.78 Å². The summed E-state index contributed by atoms with van der Waals surface area (Å²) in [6.45, 7) is 4.24. The molecule has 2 N–H and O–H groups in total. The number of hydrogen-bond acceptors (Lipinski definition) is 4. The molecule has 0 aliphatic heterocycles. The van der Waals surface area contributed by atoms with E-state index in [4.69, 9.17) is 0 Å². The van der Waals surface area contributed by atoms with Crippen molar-refractivity contribution in [2.75, 3.05) is 7.05 Å². The summed E-state index contributed by atoms with van der Waals surface area (Å²) in [6, 6.07) is 7.44. The van der Waals surface area contributed by atoms with E-state index in [9.17, 15) is 9.59 Å². The molecule has 0 bridgehead atoms. The van der Waals surface area contributed by atoms with E-state index in [0.29, 0.717) is 27.9 Å². The second kappa shape index (κ2) is 5.83. The van der Waals surface area contributed by atoms with E-state index in [1.807, 2.05) is 24.3 Å². The fourth-order valence-corrected chi connectivity index (χ4v) is 2.99. The Morgan fingerprint density at radius 3 is 2.54 bits per heavy atom. The van der Waals surface area contributed by atoms with E-state index in [0.717, 1.165) is 5.69 Å². The summed E-state index contributed by atoms with van der Waals surface area (Å²) in [4.78, 5) is 28.9. The van der Waals surface area contributed by atoms with Crippen LogP contribution in [0.15, 0.2) is 41.5 Å². The van der Waals surface area contributed by atoms with E-state index in [2.05, 4.69) is 34.3 Å². The van der Waals surface area contributed by atoms with Crippen LogP contribution < -0.4 is 10.9 Å². The Kier molecular flexibility index (Phi) is 3.61. The van der Waals surface area contributed by atoms with Crippen LogP contribution >= 0.6 is 0 Å². The van der Waals surface area contributed by atoms with Gasteiger partial charge in [0.2, 0.25) is 0 Å². The van der Waals surface area contributed by atoms with Crippen LogP contribution in [-0.2, 0) is 0 Å². The fraction of sp³-hybridized carbons (Fsp3) is 0.222. The fourth-order valence-electron chi connectivity index (χ4n) is 2.99. The van der Waals surface area contributed by atoms with Crippen LogP contribution in [0.2, 0.25) is 0 Å². The third kappa shape index (κ3) is 2.30. The average Bonchev–Trinajstić information content (AvgIpc) is 3.22. The Balaban J connectivity index is 1.91. The molecule has 3 aromatic heterocycles. The molecule has 0 spiro atoms. The molecule has 0 saturated heterocycles. The van der Waals surface area contributed by atoms with Gasteiger partial charge in [-0.1, -0.05) is 26.0 Å². The number of fused-ring (bicyclic) bond motifs is 3. The van der Waals surface area contributed by atoms with Crippen molar-refractivity contribution in [3.8, 4) is 5.69 Å². The van der Waals surface area contributed by atoms with Crippen molar-refractivity contribution in [2.24, 2.45) is 0 Å². The van der Waals surface area contributed by atoms with Gasteiger partial charge in [-0.05, 0) is 23.6 Å². The minimum absolute atomic E-state index is 0.195. The van der Waals surface area contributed by atoms with E-state index in [1.54, 1.807) is 0 Å². The molecule has 8 heteroatoms. The highest BCUT2D eigenvalue weighted by Gasteiger charge is 2.17. The summed E-state index contributed by atoms with van der Waals surface area (Å²) < 4.78 is 2.65. The van der Waals surface area contributed by atoms with Crippen LogP contribution in [0.3, 0.4) is 0 Å². The maximum Gasteiger partial charge on any atom is 0.343 e. The van der Waals surface area contributed by atoms with Crippen LogP contribution in [-0.4, -0.2) is 37.6 Å². The number of pyridine rings is 1. The molecule has 0 radical (unpaired) electrons. The van der Waals surface area contributed by atoms with Crippen molar-refractivity contribution >= 4 is 28.0 Å². The second-order valence-corrected chi connectivity index (χ2v) is 6.39. The van der Waals surface area contributed by atoms with E-state index < -0.39 is 6.03 Å². The molecule has 3 heterocycles. The van der Waals surface area contributed by atoms with Crippen molar-refractivity contribution in [3.63, 3.8) is 0 Å². The number of rotatable bonds is 2. The van der Waals surface area contributed by atoms with E-state index in [1.165, 1.54) is 34.4 Å². The molecule has 0 fully saturated rings. The summed E-state index contributed by atoms with van der Waals surface area (Å²) in [6.07, 6.45) is 3.00. The Morgan fingerprint density at radius 1 is 1.15 bits per heavy atom. The Hall–Kier alpha value is -3.42. The number of amides is 1. The zero-order chi connectivity index (χ0) is 18.4. The molecule has 0 aliphatic rings. The first-order chi connectivity index (χ1) is 12.5. The highest BCUT2D eigenvalue weighted by Crippen LogP contribution is 2.21. The molecule has 4 aromatic rings. The topological polar surface area (TPSA) is 97.6 Å². The highest BCUT2D eigenvalue weighted by molar-refractivity contribution is 6.03. The molecule has 1 amide bonds. The number of carbonyl (C=O) groups excluding carboxylic acids is 1. The van der Waals surface area contributed by atoms with Crippen molar-refractivity contribution in [2.45, 2.75) is 19.8 Å². The van der Waals surface area contributed by atoms with Gasteiger partial charge in [-0.25, -0.2) is 14.5 Å². The summed E-state index contributed by atoms with van der Waals surface area (Å²) >= 11 is 0. The SMILES string of the molecule is CNC(=O)n1ncc2c3[nH]n(-c4ccc(C(C)C)cc4)c(=O)c3cnc21.